The summed E-state index contributed by atoms with van der Waals surface area (Å²) in [7, 11) is 1.62. The number of nitrogens with one attached hydrogen (secondary N) is 2. The van der Waals surface area contributed by atoms with E-state index in [1.54, 1.807) is 38.3 Å². The Kier molecular flexibility index (Phi) is 8.87. The molecule has 162 valence electrons. The smallest absolute Gasteiger partial charge is 0.265 e. The van der Waals surface area contributed by atoms with E-state index in [-0.39, 0.29) is 17.7 Å². The lowest BCUT2D eigenvalue weighted by Gasteiger charge is -2.20. The van der Waals surface area contributed by atoms with Crippen LogP contribution in [-0.2, 0) is 9.53 Å². The van der Waals surface area contributed by atoms with Gasteiger partial charge in [-0.2, -0.15) is 0 Å². The summed E-state index contributed by atoms with van der Waals surface area (Å²) in [6.45, 7) is 8.94. The van der Waals surface area contributed by atoms with Crippen LogP contribution in [0.5, 0.6) is 5.75 Å². The van der Waals surface area contributed by atoms with E-state index in [1.807, 2.05) is 25.1 Å². The Labute approximate surface area is 179 Å². The maximum Gasteiger partial charge on any atom is 0.265 e. The molecule has 0 radical (unpaired) electrons. The van der Waals surface area contributed by atoms with Crippen LogP contribution in [0.1, 0.15) is 54.6 Å². The Bertz CT molecular complexity index is 864. The molecular formula is C24H32N2O4. The molecule has 30 heavy (non-hydrogen) atoms. The Morgan fingerprint density at radius 3 is 2.50 bits per heavy atom. The van der Waals surface area contributed by atoms with Gasteiger partial charge in [-0.25, -0.2) is 0 Å². The number of hydrogen-bond acceptors (Lipinski definition) is 4. The first kappa shape index (κ1) is 23.4. The van der Waals surface area contributed by atoms with Gasteiger partial charge in [0.05, 0.1) is 11.3 Å². The van der Waals surface area contributed by atoms with Gasteiger partial charge >= 0.3 is 0 Å². The van der Waals surface area contributed by atoms with Crippen LogP contribution < -0.4 is 15.4 Å². The van der Waals surface area contributed by atoms with Crippen molar-refractivity contribution in [3.8, 4) is 5.75 Å². The van der Waals surface area contributed by atoms with Gasteiger partial charge in [0.25, 0.3) is 11.8 Å². The van der Waals surface area contributed by atoms with Crippen molar-refractivity contribution in [1.29, 1.82) is 0 Å². The summed E-state index contributed by atoms with van der Waals surface area (Å²) in [5, 5.41) is 5.67. The summed E-state index contributed by atoms with van der Waals surface area (Å²) in [4.78, 5) is 25.3. The molecule has 2 amide bonds. The van der Waals surface area contributed by atoms with Crippen molar-refractivity contribution in [1.82, 2.24) is 5.32 Å². The van der Waals surface area contributed by atoms with Crippen molar-refractivity contribution >= 4 is 17.5 Å². The topological polar surface area (TPSA) is 76.7 Å². The maximum atomic E-state index is 12.8. The van der Waals surface area contributed by atoms with Crippen LogP contribution in [0.4, 0.5) is 5.69 Å². The first-order valence-corrected chi connectivity index (χ1v) is 10.3. The third-order valence-electron chi connectivity index (χ3n) is 4.70. The van der Waals surface area contributed by atoms with Crippen molar-refractivity contribution in [2.45, 2.75) is 46.1 Å². The summed E-state index contributed by atoms with van der Waals surface area (Å²) in [6, 6.07) is 12.9. The largest absolute Gasteiger partial charge is 0.481 e. The standard InChI is InChI=1S/C24H32N2O4/c1-16(2)19-12-11-17(3)15-22(19)30-18(4)23(27)26-21-10-7-6-9-20(21)24(28)25-13-8-14-29-5/h6-7,9-12,15-16,18H,8,13-14H2,1-5H3,(H,25,28)(H,26,27). The average molecular weight is 413 g/mol. The lowest BCUT2D eigenvalue weighted by atomic mass is 10.0. The lowest BCUT2D eigenvalue weighted by molar-refractivity contribution is -0.122. The van der Waals surface area contributed by atoms with Gasteiger partial charge in [-0.1, -0.05) is 38.1 Å². The van der Waals surface area contributed by atoms with Crippen LogP contribution in [0.15, 0.2) is 42.5 Å². The molecule has 0 saturated heterocycles. The maximum absolute atomic E-state index is 12.8. The fraction of sp³-hybridized carbons (Fsp3) is 0.417. The zero-order valence-electron chi connectivity index (χ0n) is 18.5. The lowest BCUT2D eigenvalue weighted by Crippen LogP contribution is -2.32. The molecule has 0 heterocycles. The molecule has 0 aliphatic rings. The molecule has 6 heteroatoms. The Morgan fingerprint density at radius 2 is 1.80 bits per heavy atom. The number of para-hydroxylation sites is 1. The van der Waals surface area contributed by atoms with E-state index in [1.165, 1.54) is 0 Å². The van der Waals surface area contributed by atoms with Gasteiger partial charge in [0.1, 0.15) is 5.75 Å². The van der Waals surface area contributed by atoms with Crippen molar-refractivity contribution in [3.63, 3.8) is 0 Å². The molecule has 0 aliphatic heterocycles. The molecule has 0 bridgehead atoms. The van der Waals surface area contributed by atoms with Crippen LogP contribution in [-0.4, -0.2) is 38.2 Å². The molecule has 0 aromatic heterocycles. The van der Waals surface area contributed by atoms with Gasteiger partial charge in [-0.15, -0.1) is 0 Å². The monoisotopic (exact) mass is 412 g/mol. The Morgan fingerprint density at radius 1 is 1.07 bits per heavy atom. The van der Waals surface area contributed by atoms with E-state index >= 15 is 0 Å². The Balaban J connectivity index is 2.08. The summed E-state index contributed by atoms with van der Waals surface area (Å²) in [5.41, 5.74) is 2.98. The highest BCUT2D eigenvalue weighted by atomic mass is 16.5. The van der Waals surface area contributed by atoms with E-state index in [9.17, 15) is 9.59 Å². The predicted molar refractivity (Wildman–Crippen MR) is 119 cm³/mol. The van der Waals surface area contributed by atoms with Gasteiger partial charge in [0.2, 0.25) is 0 Å². The minimum Gasteiger partial charge on any atom is -0.481 e. The number of rotatable bonds is 10. The highest BCUT2D eigenvalue weighted by Gasteiger charge is 2.20. The van der Waals surface area contributed by atoms with Crippen molar-refractivity contribution in [3.05, 3.63) is 59.2 Å². The number of benzene rings is 2. The summed E-state index contributed by atoms with van der Waals surface area (Å²) in [6.07, 6.45) is -0.00169. The normalized spacial score (nSPS) is 11.8. The van der Waals surface area contributed by atoms with Gasteiger partial charge in [-0.05, 0) is 55.5 Å². The average Bonchev–Trinajstić information content (AvgIpc) is 2.71. The molecular weight excluding hydrogens is 380 g/mol. The fourth-order valence-corrected chi connectivity index (χ4v) is 3.00. The van der Waals surface area contributed by atoms with E-state index in [4.69, 9.17) is 9.47 Å². The van der Waals surface area contributed by atoms with Gasteiger partial charge in [0.15, 0.2) is 6.10 Å². The Hall–Kier alpha value is -2.86. The summed E-state index contributed by atoms with van der Waals surface area (Å²) >= 11 is 0. The van der Waals surface area contributed by atoms with Crippen LogP contribution in [0.25, 0.3) is 0 Å². The highest BCUT2D eigenvalue weighted by molar-refractivity contribution is 6.04. The van der Waals surface area contributed by atoms with Crippen LogP contribution in [0.2, 0.25) is 0 Å². The van der Waals surface area contributed by atoms with Gasteiger partial charge in [-0.3, -0.25) is 9.59 Å². The van der Waals surface area contributed by atoms with Crippen LogP contribution >= 0.6 is 0 Å². The van der Waals surface area contributed by atoms with Crippen molar-refractivity contribution < 1.29 is 19.1 Å². The molecule has 2 aromatic carbocycles. The number of hydrogen-bond donors (Lipinski definition) is 2. The molecule has 0 aliphatic carbocycles. The summed E-state index contributed by atoms with van der Waals surface area (Å²) in [5.74, 6) is 0.428. The molecule has 0 fully saturated rings. The van der Waals surface area contributed by atoms with E-state index in [0.717, 1.165) is 17.5 Å². The number of amides is 2. The minimum absolute atomic E-state index is 0.239. The number of aryl methyl sites for hydroxylation is 1. The van der Waals surface area contributed by atoms with Crippen molar-refractivity contribution in [2.75, 3.05) is 25.6 Å². The molecule has 1 unspecified atom stereocenters. The van der Waals surface area contributed by atoms with E-state index < -0.39 is 6.10 Å². The number of ether oxygens (including phenoxy) is 2. The van der Waals surface area contributed by atoms with Crippen molar-refractivity contribution in [2.24, 2.45) is 0 Å². The first-order valence-electron chi connectivity index (χ1n) is 10.3. The number of carbonyl (C=O) groups is 2. The van der Waals surface area contributed by atoms with Crippen LogP contribution in [0, 0.1) is 6.92 Å². The quantitative estimate of drug-likeness (QED) is 0.571. The minimum atomic E-state index is -0.720. The third-order valence-corrected chi connectivity index (χ3v) is 4.70. The first-order chi connectivity index (χ1) is 14.3. The third kappa shape index (κ3) is 6.59. The van der Waals surface area contributed by atoms with E-state index in [2.05, 4.69) is 24.5 Å². The second-order valence-corrected chi connectivity index (χ2v) is 7.59. The molecule has 1 atom stereocenters. The molecule has 2 rings (SSSR count). The molecule has 0 spiro atoms. The summed E-state index contributed by atoms with van der Waals surface area (Å²) < 4.78 is 11.0. The molecule has 6 nitrogen and oxygen atoms in total. The molecule has 0 saturated carbocycles. The van der Waals surface area contributed by atoms with E-state index in [0.29, 0.717) is 30.2 Å². The van der Waals surface area contributed by atoms with Gasteiger partial charge < -0.3 is 20.1 Å². The predicted octanol–water partition coefficient (Wildman–Crippen LogP) is 4.29. The number of methoxy groups -OCH3 is 1. The second kappa shape index (κ2) is 11.4. The zero-order chi connectivity index (χ0) is 22.1. The SMILES string of the molecule is COCCCNC(=O)c1ccccc1NC(=O)C(C)Oc1cc(C)ccc1C(C)C. The second-order valence-electron chi connectivity index (χ2n) is 7.59. The van der Waals surface area contributed by atoms with Crippen LogP contribution in [0.3, 0.4) is 0 Å². The molecule has 2 N–H and O–H groups in total. The highest BCUT2D eigenvalue weighted by Crippen LogP contribution is 2.28. The number of anilines is 1. The zero-order valence-corrected chi connectivity index (χ0v) is 18.5. The van der Waals surface area contributed by atoms with Gasteiger partial charge in [0, 0.05) is 20.3 Å². The molecule has 2 aromatic rings. The fourth-order valence-electron chi connectivity index (χ4n) is 3.00. The number of carbonyl (C=O) groups excluding carboxylic acids is 2.